The van der Waals surface area contributed by atoms with Gasteiger partial charge in [-0.15, -0.1) is 0 Å². The largest absolute Gasteiger partial charge is 0.0654 e. The van der Waals surface area contributed by atoms with Crippen LogP contribution in [-0.4, -0.2) is 0 Å². The molecule has 0 fully saturated rings. The van der Waals surface area contributed by atoms with Gasteiger partial charge in [0.25, 0.3) is 0 Å². The second-order valence-electron chi connectivity index (χ2n) is 12.6. The Labute approximate surface area is 259 Å². The van der Waals surface area contributed by atoms with E-state index in [0.29, 0.717) is 5.92 Å². The first-order chi connectivity index (χ1) is 21.2. The topological polar surface area (TPSA) is 0 Å². The highest BCUT2D eigenvalue weighted by Crippen LogP contribution is 2.56. The van der Waals surface area contributed by atoms with E-state index < -0.39 is 0 Å². The Hall–Kier alpha value is -3.90. The minimum atomic E-state index is -0.172. The van der Waals surface area contributed by atoms with Crippen molar-refractivity contribution >= 4 is 0 Å². The van der Waals surface area contributed by atoms with Crippen LogP contribution in [0.25, 0.3) is 33.4 Å². The van der Waals surface area contributed by atoms with Crippen LogP contribution in [0.5, 0.6) is 0 Å². The van der Waals surface area contributed by atoms with Crippen molar-refractivity contribution in [3.63, 3.8) is 0 Å². The second-order valence-corrected chi connectivity index (χ2v) is 12.6. The predicted octanol–water partition coefficient (Wildman–Crippen LogP) is 12.6. The lowest BCUT2D eigenvalue weighted by molar-refractivity contribution is 0.506. The van der Waals surface area contributed by atoms with Gasteiger partial charge in [-0.3, -0.25) is 0 Å². The third-order valence-corrected chi connectivity index (χ3v) is 9.95. The molecule has 0 bridgehead atoms. The van der Waals surface area contributed by atoms with E-state index in [9.17, 15) is 0 Å². The van der Waals surface area contributed by atoms with E-state index in [1.807, 2.05) is 0 Å². The van der Waals surface area contributed by atoms with Gasteiger partial charge < -0.3 is 0 Å². The smallest absolute Gasteiger partial charge is 0.0464 e. The Morgan fingerprint density at radius 1 is 0.512 bits per heavy atom. The Morgan fingerprint density at radius 3 is 1.60 bits per heavy atom. The van der Waals surface area contributed by atoms with E-state index in [1.165, 1.54) is 101 Å². The van der Waals surface area contributed by atoms with E-state index in [0.717, 1.165) is 6.42 Å². The molecule has 0 saturated heterocycles. The van der Waals surface area contributed by atoms with Crippen LogP contribution in [0.2, 0.25) is 0 Å². The molecule has 1 aliphatic carbocycles. The fourth-order valence-electron chi connectivity index (χ4n) is 7.26. The van der Waals surface area contributed by atoms with Gasteiger partial charge in [-0.2, -0.15) is 0 Å². The molecule has 0 radical (unpaired) electrons. The summed E-state index contributed by atoms with van der Waals surface area (Å²) in [5, 5.41) is 0. The molecule has 43 heavy (non-hydrogen) atoms. The predicted molar refractivity (Wildman–Crippen MR) is 186 cm³/mol. The standard InChI is InChI=1S/C43H46/c1-4-6-7-8-9-16-29-43(38-19-14-11-15-20-38)41-30-36(34-17-12-10-13-18-34)25-27-39(41)40-28-26-37(31-42(40)43)35-23-21-33(22-24-35)32(3)5-2/h10-15,17-28,30-32H,4-9,16,29H2,1-3H3. The monoisotopic (exact) mass is 562 g/mol. The molecule has 0 amide bonds. The van der Waals surface area contributed by atoms with Gasteiger partial charge in [0.1, 0.15) is 0 Å². The molecule has 0 spiro atoms. The van der Waals surface area contributed by atoms with Crippen molar-refractivity contribution in [1.29, 1.82) is 0 Å². The molecule has 0 heterocycles. The van der Waals surface area contributed by atoms with Crippen molar-refractivity contribution in [2.75, 3.05) is 0 Å². The van der Waals surface area contributed by atoms with Gasteiger partial charge in [-0.1, -0.05) is 168 Å². The minimum Gasteiger partial charge on any atom is -0.0654 e. The minimum absolute atomic E-state index is 0.172. The Morgan fingerprint density at radius 2 is 1.02 bits per heavy atom. The fourth-order valence-corrected chi connectivity index (χ4v) is 7.26. The molecule has 1 aliphatic rings. The summed E-state index contributed by atoms with van der Waals surface area (Å²) in [5.74, 6) is 0.588. The van der Waals surface area contributed by atoms with E-state index in [1.54, 1.807) is 0 Å². The Balaban J connectivity index is 1.50. The molecule has 0 heteroatoms. The average Bonchev–Trinajstić information content (AvgIpc) is 3.36. The molecule has 5 aromatic rings. The van der Waals surface area contributed by atoms with Crippen LogP contribution >= 0.6 is 0 Å². The molecule has 0 N–H and O–H groups in total. The third-order valence-electron chi connectivity index (χ3n) is 9.95. The molecular formula is C43H46. The molecule has 218 valence electrons. The lowest BCUT2D eigenvalue weighted by Gasteiger charge is -2.34. The van der Waals surface area contributed by atoms with Crippen LogP contribution < -0.4 is 0 Å². The lowest BCUT2D eigenvalue weighted by Crippen LogP contribution is -2.27. The third kappa shape index (κ3) is 5.73. The van der Waals surface area contributed by atoms with E-state index in [2.05, 4.69) is 142 Å². The maximum absolute atomic E-state index is 2.53. The van der Waals surface area contributed by atoms with Crippen molar-refractivity contribution in [3.05, 3.63) is 144 Å². The van der Waals surface area contributed by atoms with Crippen LogP contribution in [-0.2, 0) is 5.41 Å². The lowest BCUT2D eigenvalue weighted by atomic mass is 9.68. The molecule has 2 unspecified atom stereocenters. The first-order valence-corrected chi connectivity index (χ1v) is 16.7. The zero-order valence-electron chi connectivity index (χ0n) is 26.3. The SMILES string of the molecule is CCCCCCCCC1(c2ccccc2)c2cc(-c3ccccc3)ccc2-c2ccc(-c3ccc(C(C)CC)cc3)cc21. The summed E-state index contributed by atoms with van der Waals surface area (Å²) in [6, 6.07) is 46.1. The van der Waals surface area contributed by atoms with Crippen molar-refractivity contribution in [2.24, 2.45) is 0 Å². The van der Waals surface area contributed by atoms with Crippen LogP contribution in [0.1, 0.15) is 100 Å². The first-order valence-electron chi connectivity index (χ1n) is 16.7. The van der Waals surface area contributed by atoms with Gasteiger partial charge in [0.05, 0.1) is 0 Å². The summed E-state index contributed by atoms with van der Waals surface area (Å²) < 4.78 is 0. The normalized spacial score (nSPS) is 16.1. The van der Waals surface area contributed by atoms with E-state index in [4.69, 9.17) is 0 Å². The number of rotatable bonds is 12. The van der Waals surface area contributed by atoms with Gasteiger partial charge in [0, 0.05) is 5.41 Å². The van der Waals surface area contributed by atoms with E-state index >= 15 is 0 Å². The van der Waals surface area contributed by atoms with Crippen molar-refractivity contribution < 1.29 is 0 Å². The summed E-state index contributed by atoms with van der Waals surface area (Å²) in [6.45, 7) is 6.89. The van der Waals surface area contributed by atoms with Crippen molar-refractivity contribution in [2.45, 2.75) is 83.5 Å². The fraction of sp³-hybridized carbons (Fsp3) is 0.302. The molecule has 2 atom stereocenters. The molecular weight excluding hydrogens is 516 g/mol. The number of fused-ring (bicyclic) bond motifs is 3. The summed E-state index contributed by atoms with van der Waals surface area (Å²) in [4.78, 5) is 0. The maximum Gasteiger partial charge on any atom is 0.0464 e. The van der Waals surface area contributed by atoms with Gasteiger partial charge in [-0.25, -0.2) is 0 Å². The van der Waals surface area contributed by atoms with Crippen LogP contribution in [0.3, 0.4) is 0 Å². The molecule has 0 aliphatic heterocycles. The molecule has 0 saturated carbocycles. The van der Waals surface area contributed by atoms with Gasteiger partial charge >= 0.3 is 0 Å². The van der Waals surface area contributed by atoms with Crippen LogP contribution in [0.15, 0.2) is 121 Å². The summed E-state index contributed by atoms with van der Waals surface area (Å²) >= 11 is 0. The molecule has 5 aromatic carbocycles. The zero-order valence-corrected chi connectivity index (χ0v) is 26.3. The number of unbranched alkanes of at least 4 members (excludes halogenated alkanes) is 5. The second kappa shape index (κ2) is 13.2. The van der Waals surface area contributed by atoms with Gasteiger partial charge in [0.15, 0.2) is 0 Å². The Bertz CT molecular complexity index is 1630. The molecule has 0 aromatic heterocycles. The van der Waals surface area contributed by atoms with Crippen LogP contribution in [0.4, 0.5) is 0 Å². The van der Waals surface area contributed by atoms with Crippen LogP contribution in [0, 0.1) is 0 Å². The van der Waals surface area contributed by atoms with Crippen molar-refractivity contribution in [3.8, 4) is 33.4 Å². The molecule has 0 nitrogen and oxygen atoms in total. The highest BCUT2D eigenvalue weighted by atomic mass is 14.5. The zero-order chi connectivity index (χ0) is 29.6. The average molecular weight is 563 g/mol. The first kappa shape index (κ1) is 29.2. The summed E-state index contributed by atoms with van der Waals surface area (Å²) in [7, 11) is 0. The highest BCUT2D eigenvalue weighted by Gasteiger charge is 2.44. The molecule has 6 rings (SSSR count). The number of benzene rings is 5. The summed E-state index contributed by atoms with van der Waals surface area (Å²) in [6.07, 6.45) is 10.1. The Kier molecular flexibility index (Phi) is 8.94. The van der Waals surface area contributed by atoms with Gasteiger partial charge in [-0.05, 0) is 86.5 Å². The van der Waals surface area contributed by atoms with Gasteiger partial charge in [0.2, 0.25) is 0 Å². The highest BCUT2D eigenvalue weighted by molar-refractivity contribution is 5.88. The number of hydrogen-bond donors (Lipinski definition) is 0. The number of hydrogen-bond acceptors (Lipinski definition) is 0. The maximum atomic E-state index is 2.53. The summed E-state index contributed by atoms with van der Waals surface area (Å²) in [5.41, 5.74) is 13.6. The van der Waals surface area contributed by atoms with E-state index in [-0.39, 0.29) is 5.41 Å². The van der Waals surface area contributed by atoms with Crippen molar-refractivity contribution in [1.82, 2.24) is 0 Å². The quantitative estimate of drug-likeness (QED) is 0.133.